The van der Waals surface area contributed by atoms with E-state index in [0.29, 0.717) is 12.6 Å². The molecule has 0 aromatic rings. The lowest BCUT2D eigenvalue weighted by molar-refractivity contribution is -0.0952. The molecule has 1 N–H and O–H groups in total. The zero-order chi connectivity index (χ0) is 12.9. The van der Waals surface area contributed by atoms with Crippen molar-refractivity contribution in [1.29, 1.82) is 0 Å². The Morgan fingerprint density at radius 2 is 2.18 bits per heavy atom. The molecule has 1 fully saturated rings. The van der Waals surface area contributed by atoms with E-state index in [0.717, 1.165) is 32.5 Å². The van der Waals surface area contributed by atoms with Crippen LogP contribution in [0.5, 0.6) is 0 Å². The molecule has 102 valence electrons. The second-order valence-corrected chi connectivity index (χ2v) is 5.30. The van der Waals surface area contributed by atoms with Crippen LogP contribution in [0.2, 0.25) is 0 Å². The van der Waals surface area contributed by atoms with Crippen LogP contribution in [0, 0.1) is 0 Å². The van der Waals surface area contributed by atoms with E-state index in [1.54, 1.807) is 7.11 Å². The zero-order valence-corrected chi connectivity index (χ0v) is 11.6. The number of aliphatic hydroxyl groups is 1. The van der Waals surface area contributed by atoms with Crippen molar-refractivity contribution in [3.8, 4) is 0 Å². The molecular formula is C13H27NO3. The number of aliphatic hydroxyl groups excluding tert-OH is 1. The normalized spacial score (nSPS) is 24.9. The second-order valence-electron chi connectivity index (χ2n) is 5.30. The molecule has 0 saturated carbocycles. The topological polar surface area (TPSA) is 41.9 Å². The fourth-order valence-corrected chi connectivity index (χ4v) is 2.15. The minimum atomic E-state index is -0.488. The van der Waals surface area contributed by atoms with Crippen molar-refractivity contribution in [1.82, 2.24) is 4.90 Å². The number of hydrogen-bond acceptors (Lipinski definition) is 4. The molecular weight excluding hydrogens is 218 g/mol. The van der Waals surface area contributed by atoms with Crippen molar-refractivity contribution in [3.05, 3.63) is 0 Å². The number of likely N-dealkylation sites (tertiary alicyclic amines) is 1. The highest BCUT2D eigenvalue weighted by Crippen LogP contribution is 2.18. The third kappa shape index (κ3) is 4.54. The predicted molar refractivity (Wildman–Crippen MR) is 68.2 cm³/mol. The summed E-state index contributed by atoms with van der Waals surface area (Å²) in [7, 11) is 1.64. The Morgan fingerprint density at radius 3 is 2.76 bits per heavy atom. The van der Waals surface area contributed by atoms with Crippen LogP contribution in [0.15, 0.2) is 0 Å². The number of ether oxygens (including phenoxy) is 2. The molecule has 1 rings (SSSR count). The van der Waals surface area contributed by atoms with Gasteiger partial charge in [0, 0.05) is 26.8 Å². The molecule has 0 bridgehead atoms. The van der Waals surface area contributed by atoms with Gasteiger partial charge in [0.25, 0.3) is 0 Å². The molecule has 0 aromatic heterocycles. The quantitative estimate of drug-likeness (QED) is 0.765. The van der Waals surface area contributed by atoms with Gasteiger partial charge in [-0.1, -0.05) is 0 Å². The summed E-state index contributed by atoms with van der Waals surface area (Å²) >= 11 is 0. The Labute approximate surface area is 105 Å². The molecule has 1 heterocycles. The van der Waals surface area contributed by atoms with E-state index in [1.165, 1.54) is 0 Å². The molecule has 0 aromatic carbocycles. The van der Waals surface area contributed by atoms with Gasteiger partial charge in [-0.3, -0.25) is 4.90 Å². The fraction of sp³-hybridized carbons (Fsp3) is 1.00. The molecule has 0 spiro atoms. The molecule has 2 atom stereocenters. The van der Waals surface area contributed by atoms with Crippen LogP contribution >= 0.6 is 0 Å². The van der Waals surface area contributed by atoms with Gasteiger partial charge in [0.15, 0.2) is 0 Å². The summed E-state index contributed by atoms with van der Waals surface area (Å²) in [5, 5.41) is 10.1. The summed E-state index contributed by atoms with van der Waals surface area (Å²) in [5.41, 5.74) is -0.488. The molecule has 1 aliphatic rings. The van der Waals surface area contributed by atoms with E-state index in [2.05, 4.69) is 4.90 Å². The minimum Gasteiger partial charge on any atom is -0.389 e. The monoisotopic (exact) mass is 245 g/mol. The van der Waals surface area contributed by atoms with Crippen LogP contribution in [-0.2, 0) is 9.47 Å². The molecule has 2 unspecified atom stereocenters. The van der Waals surface area contributed by atoms with Crippen molar-refractivity contribution in [2.45, 2.75) is 51.4 Å². The molecule has 4 nitrogen and oxygen atoms in total. The van der Waals surface area contributed by atoms with Crippen LogP contribution in [0.25, 0.3) is 0 Å². The predicted octanol–water partition coefficient (Wildman–Crippen LogP) is 1.27. The first-order chi connectivity index (χ1) is 7.99. The fourth-order valence-electron chi connectivity index (χ4n) is 2.15. The first kappa shape index (κ1) is 14.9. The van der Waals surface area contributed by atoms with Crippen LogP contribution in [0.3, 0.4) is 0 Å². The van der Waals surface area contributed by atoms with Crippen molar-refractivity contribution in [2.24, 2.45) is 0 Å². The molecule has 1 saturated heterocycles. The highest BCUT2D eigenvalue weighted by molar-refractivity contribution is 4.83. The molecule has 0 aliphatic carbocycles. The maximum Gasteiger partial charge on any atom is 0.0950 e. The second kappa shape index (κ2) is 6.69. The minimum absolute atomic E-state index is 0.326. The maximum absolute atomic E-state index is 10.1. The van der Waals surface area contributed by atoms with Gasteiger partial charge in [-0.25, -0.2) is 0 Å². The Hall–Kier alpha value is -0.160. The molecule has 17 heavy (non-hydrogen) atoms. The van der Waals surface area contributed by atoms with Crippen LogP contribution in [0.4, 0.5) is 0 Å². The van der Waals surface area contributed by atoms with E-state index >= 15 is 0 Å². The number of piperidine rings is 1. The highest BCUT2D eigenvalue weighted by Gasteiger charge is 2.30. The number of β-amino-alcohol motifs (C(OH)–C–C–N with tert-alkyl or cyclic N) is 1. The van der Waals surface area contributed by atoms with Gasteiger partial charge in [0.2, 0.25) is 0 Å². The average Bonchev–Trinajstić information content (AvgIpc) is 2.30. The largest absolute Gasteiger partial charge is 0.389 e. The van der Waals surface area contributed by atoms with E-state index in [1.807, 2.05) is 20.8 Å². The van der Waals surface area contributed by atoms with Crippen LogP contribution in [0.1, 0.15) is 33.6 Å². The molecule has 0 radical (unpaired) electrons. The van der Waals surface area contributed by atoms with Gasteiger partial charge in [0.1, 0.15) is 0 Å². The van der Waals surface area contributed by atoms with Gasteiger partial charge in [-0.2, -0.15) is 0 Å². The van der Waals surface area contributed by atoms with Gasteiger partial charge in [-0.15, -0.1) is 0 Å². The lowest BCUT2D eigenvalue weighted by Gasteiger charge is -2.37. The van der Waals surface area contributed by atoms with Crippen LogP contribution in [-0.4, -0.2) is 61.2 Å². The van der Waals surface area contributed by atoms with Gasteiger partial charge < -0.3 is 14.6 Å². The molecule has 0 amide bonds. The zero-order valence-electron chi connectivity index (χ0n) is 11.6. The summed E-state index contributed by atoms with van der Waals surface area (Å²) in [4.78, 5) is 2.27. The van der Waals surface area contributed by atoms with Gasteiger partial charge >= 0.3 is 0 Å². The summed E-state index contributed by atoms with van der Waals surface area (Å²) in [5.74, 6) is 0. The van der Waals surface area contributed by atoms with Crippen LogP contribution < -0.4 is 0 Å². The number of methoxy groups -OCH3 is 1. The average molecular weight is 245 g/mol. The van der Waals surface area contributed by atoms with Crippen molar-refractivity contribution in [2.75, 3.05) is 33.4 Å². The Balaban J connectivity index is 2.40. The van der Waals surface area contributed by atoms with Gasteiger partial charge in [0.05, 0.1) is 17.8 Å². The van der Waals surface area contributed by atoms with Crippen molar-refractivity contribution < 1.29 is 14.6 Å². The first-order valence-electron chi connectivity index (χ1n) is 6.56. The lowest BCUT2D eigenvalue weighted by Crippen LogP contribution is -2.49. The van der Waals surface area contributed by atoms with Gasteiger partial charge in [-0.05, 0) is 40.2 Å². The van der Waals surface area contributed by atoms with E-state index in [9.17, 15) is 5.11 Å². The number of nitrogens with zero attached hydrogens (tertiary/aromatic N) is 1. The lowest BCUT2D eigenvalue weighted by atomic mass is 9.99. The van der Waals surface area contributed by atoms with E-state index < -0.39 is 11.7 Å². The van der Waals surface area contributed by atoms with Crippen molar-refractivity contribution >= 4 is 0 Å². The Morgan fingerprint density at radius 1 is 1.47 bits per heavy atom. The smallest absolute Gasteiger partial charge is 0.0950 e. The van der Waals surface area contributed by atoms with E-state index in [4.69, 9.17) is 9.47 Å². The SMILES string of the molecule is CCOC1CCCN(CC(O)C(C)(C)OC)C1. The molecule has 1 aliphatic heterocycles. The Bertz CT molecular complexity index is 219. The summed E-state index contributed by atoms with van der Waals surface area (Å²) < 4.78 is 11.0. The molecule has 4 heteroatoms. The summed E-state index contributed by atoms with van der Waals surface area (Å²) in [6.07, 6.45) is 2.14. The number of hydrogen-bond donors (Lipinski definition) is 1. The van der Waals surface area contributed by atoms with Crippen molar-refractivity contribution in [3.63, 3.8) is 0 Å². The Kier molecular flexibility index (Phi) is 5.86. The maximum atomic E-state index is 10.1. The summed E-state index contributed by atoms with van der Waals surface area (Å²) in [6.45, 7) is 9.26. The third-order valence-electron chi connectivity index (χ3n) is 3.62. The summed E-state index contributed by atoms with van der Waals surface area (Å²) in [6, 6.07) is 0. The number of rotatable bonds is 6. The standard InChI is InChI=1S/C13H27NO3/c1-5-17-11-7-6-8-14(9-11)10-12(15)13(2,3)16-4/h11-12,15H,5-10H2,1-4H3. The third-order valence-corrected chi connectivity index (χ3v) is 3.62. The highest BCUT2D eigenvalue weighted by atomic mass is 16.5. The first-order valence-corrected chi connectivity index (χ1v) is 6.56. The van der Waals surface area contributed by atoms with E-state index in [-0.39, 0.29) is 0 Å².